The molecule has 101 valence electrons. The van der Waals surface area contributed by atoms with Gasteiger partial charge in [-0.1, -0.05) is 0 Å². The van der Waals surface area contributed by atoms with Crippen molar-refractivity contribution < 1.29 is 98.8 Å². The first-order chi connectivity index (χ1) is 2.45. The van der Waals surface area contributed by atoms with Gasteiger partial charge < -0.3 is 32.9 Å². The molecule has 0 rings (SSSR count). The van der Waals surface area contributed by atoms with Crippen LogP contribution in [0.15, 0.2) is 0 Å². The fourth-order valence-corrected chi connectivity index (χ4v) is 0. The minimum Gasteiger partial charge on any atom is 1.00 e. The van der Waals surface area contributed by atoms with E-state index < -0.39 is 6.81 Å². The Bertz CT molecular complexity index is 84.2. The Kier molecular flexibility index (Phi) is 59.4. The van der Waals surface area contributed by atoms with Crippen LogP contribution in [-0.2, 0) is 6.81 Å². The minimum absolute atomic E-state index is 0. The summed E-state index contributed by atoms with van der Waals surface area (Å²) in [6.07, 6.45) is 0. The molecule has 0 bridgehead atoms. The van der Waals surface area contributed by atoms with Gasteiger partial charge in [0.2, 0.25) is 0 Å². The van der Waals surface area contributed by atoms with Crippen molar-refractivity contribution in [2.75, 3.05) is 0 Å². The molecule has 0 aromatic rings. The van der Waals surface area contributed by atoms with Crippen LogP contribution in [0.2, 0.25) is 0 Å². The van der Waals surface area contributed by atoms with Gasteiger partial charge in [0, 0.05) is 0 Å². The van der Waals surface area contributed by atoms with Crippen LogP contribution in [-0.4, -0.2) is 32.9 Å². The zero-order chi connectivity index (χ0) is 6.41. The summed E-state index contributed by atoms with van der Waals surface area (Å²) in [5, 5.41) is 0. The fourth-order valence-electron chi connectivity index (χ4n) is 0. The number of hydrogen-bond donors (Lipinski definition) is 0. The van der Waals surface area contributed by atoms with Crippen molar-refractivity contribution in [2.45, 2.75) is 0 Å². The van der Waals surface area contributed by atoms with Crippen LogP contribution in [0.5, 0.6) is 0 Å². The molecule has 0 saturated carbocycles. The summed E-state index contributed by atoms with van der Waals surface area (Å²) in [6.45, 7) is -5.33. The normalized spacial score (nSPS) is 10.8. The third-order valence-corrected chi connectivity index (χ3v) is 0. The molecule has 0 aromatic carbocycles. The maximum Gasteiger partial charge on any atom is 1.00 e. The molecule has 6 nitrogen and oxygen atoms in total. The van der Waals surface area contributed by atoms with Gasteiger partial charge in [0.15, 0.2) is 0 Å². The zero-order valence-electron chi connectivity index (χ0n) is 7.60. The molecule has 15 heteroatoms. The maximum absolute atomic E-state index is 5.33. The van der Waals surface area contributed by atoms with E-state index in [2.05, 4.69) is 0 Å². The van der Waals surface area contributed by atoms with Crippen molar-refractivity contribution in [3.05, 3.63) is 0 Å². The molecule has 0 aliphatic carbocycles. The third kappa shape index (κ3) is 275. The Labute approximate surface area is 153 Å². The van der Waals surface area contributed by atoms with Crippen molar-refractivity contribution >= 4 is 57.5 Å². The molecular weight excluding hydrogens is 547 g/mol. The first-order valence-corrected chi connectivity index (χ1v) is 18.6. The van der Waals surface area contributed by atoms with Gasteiger partial charge in [-0.2, -0.15) is 0 Å². The van der Waals surface area contributed by atoms with Gasteiger partial charge in [-0.05, 0) is 0 Å². The van der Waals surface area contributed by atoms with Crippen LogP contribution >= 0.6 is 57.5 Å². The summed E-state index contributed by atoms with van der Waals surface area (Å²) < 4.78 is 0. The summed E-state index contributed by atoms with van der Waals surface area (Å²) >= 11 is 0. The monoisotopic (exact) mass is 557 g/mol. The van der Waals surface area contributed by atoms with E-state index in [4.69, 9.17) is 57.5 Å². The molecule has 0 aliphatic heterocycles. The maximum atomic E-state index is 5.06. The van der Waals surface area contributed by atoms with Gasteiger partial charge in [0.1, 0.15) is 0 Å². The van der Waals surface area contributed by atoms with Gasteiger partial charge in [-0.15, -0.1) is 0 Å². The molecule has 0 fully saturated rings. The fraction of sp³-hybridized carbons (Fsp3) is 0. The van der Waals surface area contributed by atoms with Crippen molar-refractivity contribution in [1.82, 2.24) is 0 Å². The Morgan fingerprint density at radius 3 is 0.400 bits per heavy atom. The summed E-state index contributed by atoms with van der Waals surface area (Å²) in [5.41, 5.74) is 0. The van der Waals surface area contributed by atoms with E-state index in [0.717, 1.165) is 0 Å². The summed E-state index contributed by atoms with van der Waals surface area (Å²) in [7, 11) is 30.3. The van der Waals surface area contributed by atoms with Crippen molar-refractivity contribution in [1.29, 1.82) is 0 Å². The van der Waals surface area contributed by atoms with E-state index in [-0.39, 0.29) is 92.0 Å². The molecule has 0 amide bonds. The van der Waals surface area contributed by atoms with Gasteiger partial charge in [0.05, 0.1) is 0 Å². The Balaban J connectivity index is -0.00000000643. The van der Waals surface area contributed by atoms with Crippen LogP contribution in [0.1, 0.15) is 0 Å². The average molecular weight is 559 g/mol. The van der Waals surface area contributed by atoms with E-state index in [1.54, 1.807) is 0 Å². The molecule has 0 atom stereocenters. The first kappa shape index (κ1) is 61.2. The molecule has 0 spiro atoms. The largest absolute Gasteiger partial charge is 1.00 e. The number of hydrogen-bond acceptors (Lipinski definition) is 0. The molecule has 12 N–H and O–H groups in total. The predicted molar refractivity (Wildman–Crippen MR) is 56.8 cm³/mol. The van der Waals surface area contributed by atoms with Gasteiger partial charge in [-0.3, -0.25) is 0 Å². The Morgan fingerprint density at radius 2 is 0.400 bits per heavy atom. The molecular formula is H12Cl6IrNa2O6. The summed E-state index contributed by atoms with van der Waals surface area (Å²) in [4.78, 5) is 0. The average Bonchev–Trinajstić information content (AvgIpc) is 0.592. The molecule has 0 saturated heterocycles. The Morgan fingerprint density at radius 1 is 0.400 bits per heavy atom. The van der Waals surface area contributed by atoms with Crippen LogP contribution in [0.4, 0.5) is 0 Å². The minimum atomic E-state index is -5.33. The van der Waals surface area contributed by atoms with E-state index in [1.165, 1.54) is 0 Å². The van der Waals surface area contributed by atoms with E-state index in [1.807, 2.05) is 0 Å². The van der Waals surface area contributed by atoms with Gasteiger partial charge >= 0.3 is 123 Å². The summed E-state index contributed by atoms with van der Waals surface area (Å²) in [6, 6.07) is 0. The standard InChI is InChI=1S/6ClH.Ir.2Na.6H2O/h6*1H;;;;6*1H2/q;;;;;;+4;2*+1;;;;;;/p-6. The smallest absolute Gasteiger partial charge is 1.00 e. The van der Waals surface area contributed by atoms with Crippen molar-refractivity contribution in [3.63, 3.8) is 0 Å². The molecule has 15 heavy (non-hydrogen) atoms. The molecule has 0 aromatic heterocycles. The third-order valence-electron chi connectivity index (χ3n) is 0. The van der Waals surface area contributed by atoms with Crippen molar-refractivity contribution in [3.8, 4) is 0 Å². The molecule has 0 heterocycles. The molecule has 0 radical (unpaired) electrons. The predicted octanol–water partition coefficient (Wildman–Crippen LogP) is -6.81. The second kappa shape index (κ2) is 14.6. The Hall–Kier alpha value is 4.15. The van der Waals surface area contributed by atoms with Gasteiger partial charge in [0.25, 0.3) is 0 Å². The van der Waals surface area contributed by atoms with Crippen LogP contribution in [0.25, 0.3) is 0 Å². The first-order valence-electron chi connectivity index (χ1n) is 0.756. The van der Waals surface area contributed by atoms with E-state index in [9.17, 15) is 0 Å². The van der Waals surface area contributed by atoms with Crippen LogP contribution in [0, 0.1) is 0 Å². The number of rotatable bonds is 0. The van der Waals surface area contributed by atoms with Gasteiger partial charge in [-0.25, -0.2) is 0 Å². The van der Waals surface area contributed by atoms with E-state index >= 15 is 0 Å². The molecule has 0 aliphatic rings. The van der Waals surface area contributed by atoms with Crippen LogP contribution < -0.4 is 59.1 Å². The van der Waals surface area contributed by atoms with Crippen LogP contribution in [0.3, 0.4) is 0 Å². The summed E-state index contributed by atoms with van der Waals surface area (Å²) in [5.74, 6) is 0. The second-order valence-electron chi connectivity index (χ2n) is 0.714. The number of halogens is 6. The van der Waals surface area contributed by atoms with E-state index in [0.29, 0.717) is 0 Å². The quantitative estimate of drug-likeness (QED) is 0.256. The zero-order valence-corrected chi connectivity index (χ0v) is 18.5. The molecule has 0 unspecified atom stereocenters. The second-order valence-corrected chi connectivity index (χ2v) is 52.6. The van der Waals surface area contributed by atoms with Crippen molar-refractivity contribution in [2.24, 2.45) is 0 Å². The SMILES string of the molecule is O.O.O.O.O.O.[Cl][Ir-2]([Cl])([Cl])([Cl])([Cl])[Cl].[Na+].[Na+]. The topological polar surface area (TPSA) is 189 Å².